The number of hydrogen-bond donors (Lipinski definition) is 1. The smallest absolute Gasteiger partial charge is 0.270 e. The molecule has 26 heavy (non-hydrogen) atoms. The molecule has 0 aliphatic heterocycles. The second-order valence-corrected chi connectivity index (χ2v) is 6.45. The Hall–Kier alpha value is -2.93. The van der Waals surface area contributed by atoms with Crippen LogP contribution in [0.15, 0.2) is 48.5 Å². The topological polar surface area (TPSA) is 78.7 Å². The number of amides is 1. The third-order valence-electron chi connectivity index (χ3n) is 4.18. The van der Waals surface area contributed by atoms with Gasteiger partial charge in [0.25, 0.3) is 11.6 Å². The molecule has 0 aliphatic carbocycles. The number of carbonyl (C=O) groups excluding carboxylic acids is 1. The van der Waals surface area contributed by atoms with Crippen LogP contribution in [0.4, 0.5) is 11.4 Å². The van der Waals surface area contributed by atoms with Gasteiger partial charge in [0.05, 0.1) is 16.5 Å². The van der Waals surface area contributed by atoms with Gasteiger partial charge in [-0.15, -0.1) is 0 Å². The molecule has 0 fully saturated rings. The first kappa shape index (κ1) is 19.4. The van der Waals surface area contributed by atoms with E-state index in [1.54, 1.807) is 25.1 Å². The lowest BCUT2D eigenvalue weighted by Crippen LogP contribution is -2.35. The molecule has 2 rings (SSSR count). The number of rotatable bonds is 7. The van der Waals surface area contributed by atoms with E-state index in [1.165, 1.54) is 12.1 Å². The Morgan fingerprint density at radius 1 is 1.12 bits per heavy atom. The number of nitro benzene ring substituents is 1. The molecule has 0 saturated carbocycles. The second kappa shape index (κ2) is 8.44. The highest BCUT2D eigenvalue weighted by Gasteiger charge is 2.20. The third-order valence-corrected chi connectivity index (χ3v) is 4.18. The molecule has 0 bridgehead atoms. The fourth-order valence-electron chi connectivity index (χ4n) is 2.77. The summed E-state index contributed by atoms with van der Waals surface area (Å²) in [6, 6.07) is 14.2. The van der Waals surface area contributed by atoms with Crippen molar-refractivity contribution in [2.24, 2.45) is 0 Å². The van der Waals surface area contributed by atoms with Crippen molar-refractivity contribution in [1.29, 1.82) is 0 Å². The number of nitrogens with one attached hydrogen (secondary N) is 1. The molecule has 0 aromatic heterocycles. The third kappa shape index (κ3) is 4.58. The number of anilines is 1. The number of non-ortho nitro benzene ring substituents is 1. The van der Waals surface area contributed by atoms with Crippen LogP contribution in [-0.2, 0) is 0 Å². The Morgan fingerprint density at radius 3 is 2.31 bits per heavy atom. The zero-order chi connectivity index (χ0) is 19.3. The fraction of sp³-hybridized carbons (Fsp3) is 0.316. The maximum absolute atomic E-state index is 12.7. The van der Waals surface area contributed by atoms with Crippen LogP contribution in [-0.4, -0.2) is 50.5 Å². The summed E-state index contributed by atoms with van der Waals surface area (Å²) < 4.78 is 0. The van der Waals surface area contributed by atoms with Crippen molar-refractivity contribution in [2.45, 2.75) is 6.04 Å². The Kier molecular flexibility index (Phi) is 6.30. The van der Waals surface area contributed by atoms with E-state index in [2.05, 4.69) is 5.32 Å². The molecule has 1 N–H and O–H groups in total. The van der Waals surface area contributed by atoms with Gasteiger partial charge in [0.2, 0.25) is 0 Å². The number of carbonyl (C=O) groups is 1. The average Bonchev–Trinajstić information content (AvgIpc) is 2.61. The maximum Gasteiger partial charge on any atom is 0.270 e. The normalized spacial score (nSPS) is 11.9. The molecule has 0 aliphatic rings. The van der Waals surface area contributed by atoms with Crippen molar-refractivity contribution in [3.05, 3.63) is 69.8 Å². The lowest BCUT2D eigenvalue weighted by Gasteiger charge is -2.25. The summed E-state index contributed by atoms with van der Waals surface area (Å²) in [5, 5.41) is 14.0. The van der Waals surface area contributed by atoms with Crippen LogP contribution in [0.5, 0.6) is 0 Å². The van der Waals surface area contributed by atoms with Gasteiger partial charge in [0.15, 0.2) is 0 Å². The van der Waals surface area contributed by atoms with Crippen molar-refractivity contribution < 1.29 is 9.72 Å². The van der Waals surface area contributed by atoms with Crippen molar-refractivity contribution in [1.82, 2.24) is 10.2 Å². The standard InChI is InChI=1S/C19H24N4O3/c1-21(2)17-11-10-15(23(25)26)12-16(17)19(24)20-13-18(22(3)4)14-8-6-5-7-9-14/h5-12,18H,13H2,1-4H3,(H,20,24). The van der Waals surface area contributed by atoms with Crippen LogP contribution in [0, 0.1) is 10.1 Å². The summed E-state index contributed by atoms with van der Waals surface area (Å²) in [4.78, 5) is 27.1. The molecule has 1 amide bonds. The van der Waals surface area contributed by atoms with E-state index in [4.69, 9.17) is 0 Å². The van der Waals surface area contributed by atoms with E-state index in [0.29, 0.717) is 12.2 Å². The van der Waals surface area contributed by atoms with Crippen LogP contribution in [0.2, 0.25) is 0 Å². The van der Waals surface area contributed by atoms with Crippen molar-refractivity contribution in [2.75, 3.05) is 39.6 Å². The van der Waals surface area contributed by atoms with Gasteiger partial charge in [0.1, 0.15) is 0 Å². The summed E-state index contributed by atoms with van der Waals surface area (Å²) in [7, 11) is 7.49. The minimum absolute atomic E-state index is 0.00153. The highest BCUT2D eigenvalue weighted by molar-refractivity contribution is 6.00. The molecule has 2 aromatic rings. The molecule has 7 heteroatoms. The summed E-state index contributed by atoms with van der Waals surface area (Å²) in [6.07, 6.45) is 0. The van der Waals surface area contributed by atoms with Gasteiger partial charge in [-0.3, -0.25) is 14.9 Å². The first-order valence-corrected chi connectivity index (χ1v) is 8.26. The van der Waals surface area contributed by atoms with Crippen LogP contribution < -0.4 is 10.2 Å². The minimum Gasteiger partial charge on any atom is -0.377 e. The maximum atomic E-state index is 12.7. The lowest BCUT2D eigenvalue weighted by molar-refractivity contribution is -0.384. The molecule has 0 radical (unpaired) electrons. The molecule has 0 heterocycles. The number of hydrogen-bond acceptors (Lipinski definition) is 5. The molecular weight excluding hydrogens is 332 g/mol. The number of benzene rings is 2. The quantitative estimate of drug-likeness (QED) is 0.609. The van der Waals surface area contributed by atoms with E-state index in [0.717, 1.165) is 5.56 Å². The molecule has 0 saturated heterocycles. The zero-order valence-corrected chi connectivity index (χ0v) is 15.5. The van der Waals surface area contributed by atoms with Crippen LogP contribution >= 0.6 is 0 Å². The Labute approximate surface area is 153 Å². The Morgan fingerprint density at radius 2 is 1.77 bits per heavy atom. The van der Waals surface area contributed by atoms with Crippen molar-refractivity contribution >= 4 is 17.3 Å². The van der Waals surface area contributed by atoms with Crippen molar-refractivity contribution in [3.8, 4) is 0 Å². The SMILES string of the molecule is CN(C)c1ccc([N+](=O)[O-])cc1C(=O)NCC(c1ccccc1)N(C)C. The molecule has 2 aromatic carbocycles. The summed E-state index contributed by atoms with van der Waals surface area (Å²) in [6.45, 7) is 0.394. The van der Waals surface area contributed by atoms with Crippen LogP contribution in [0.1, 0.15) is 22.0 Å². The lowest BCUT2D eigenvalue weighted by atomic mass is 10.1. The summed E-state index contributed by atoms with van der Waals surface area (Å²) >= 11 is 0. The second-order valence-electron chi connectivity index (χ2n) is 6.45. The van der Waals surface area contributed by atoms with E-state index in [-0.39, 0.29) is 23.2 Å². The minimum atomic E-state index is -0.497. The van der Waals surface area contributed by atoms with Crippen LogP contribution in [0.25, 0.3) is 0 Å². The molecule has 1 atom stereocenters. The molecule has 0 spiro atoms. The van der Waals surface area contributed by atoms with Crippen molar-refractivity contribution in [3.63, 3.8) is 0 Å². The van der Waals surface area contributed by atoms with Gasteiger partial charge in [-0.25, -0.2) is 0 Å². The fourth-order valence-corrected chi connectivity index (χ4v) is 2.77. The zero-order valence-electron chi connectivity index (χ0n) is 15.5. The van der Waals surface area contributed by atoms with Gasteiger partial charge in [-0.2, -0.15) is 0 Å². The number of nitrogens with zero attached hydrogens (tertiary/aromatic N) is 3. The van der Waals surface area contributed by atoms with Gasteiger partial charge in [-0.05, 0) is 25.7 Å². The van der Waals surface area contributed by atoms with Crippen LogP contribution in [0.3, 0.4) is 0 Å². The van der Waals surface area contributed by atoms with E-state index >= 15 is 0 Å². The number of likely N-dealkylation sites (N-methyl/N-ethyl adjacent to an activating group) is 1. The highest BCUT2D eigenvalue weighted by atomic mass is 16.6. The van der Waals surface area contributed by atoms with E-state index in [1.807, 2.05) is 49.3 Å². The summed E-state index contributed by atoms with van der Waals surface area (Å²) in [5.74, 6) is -0.333. The Bertz CT molecular complexity index is 776. The predicted molar refractivity (Wildman–Crippen MR) is 103 cm³/mol. The van der Waals surface area contributed by atoms with Gasteiger partial charge < -0.3 is 15.1 Å². The molecule has 1 unspecified atom stereocenters. The summed E-state index contributed by atoms with van der Waals surface area (Å²) in [5.41, 5.74) is 1.90. The van der Waals surface area contributed by atoms with E-state index in [9.17, 15) is 14.9 Å². The Balaban J connectivity index is 2.23. The van der Waals surface area contributed by atoms with E-state index < -0.39 is 4.92 Å². The highest BCUT2D eigenvalue weighted by Crippen LogP contribution is 2.24. The van der Waals surface area contributed by atoms with Gasteiger partial charge in [-0.1, -0.05) is 30.3 Å². The molecule has 138 valence electrons. The first-order chi connectivity index (χ1) is 12.3. The van der Waals surface area contributed by atoms with Gasteiger partial charge in [0, 0.05) is 38.5 Å². The molecular formula is C19H24N4O3. The largest absolute Gasteiger partial charge is 0.377 e. The molecule has 7 nitrogen and oxygen atoms in total. The monoisotopic (exact) mass is 356 g/mol. The average molecular weight is 356 g/mol. The number of nitro groups is 1. The predicted octanol–water partition coefficient (Wildman–Crippen LogP) is 2.69. The first-order valence-electron chi connectivity index (χ1n) is 8.26. The van der Waals surface area contributed by atoms with Gasteiger partial charge >= 0.3 is 0 Å².